The fourth-order valence-electron chi connectivity index (χ4n) is 2.00. The van der Waals surface area contributed by atoms with E-state index in [1.54, 1.807) is 13.0 Å². The minimum Gasteiger partial charge on any atom is -0.462 e. The largest absolute Gasteiger partial charge is 0.462 e. The molecule has 2 N–H and O–H groups in total. The maximum Gasteiger partial charge on any atom is 0.416 e. The second-order valence-corrected chi connectivity index (χ2v) is 4.60. The topological polar surface area (TPSA) is 52.3 Å². The monoisotopic (exact) mass is 309 g/mol. The highest BCUT2D eigenvalue weighted by Crippen LogP contribution is 2.32. The molecule has 2 aromatic carbocycles. The lowest BCUT2D eigenvalue weighted by atomic mass is 10.00. The molecule has 0 radical (unpaired) electrons. The lowest BCUT2D eigenvalue weighted by molar-refractivity contribution is -0.137. The Morgan fingerprint density at radius 2 is 1.82 bits per heavy atom. The molecular weight excluding hydrogens is 295 g/mol. The number of carbonyl (C=O) groups is 1. The molecule has 116 valence electrons. The van der Waals surface area contributed by atoms with Crippen molar-refractivity contribution >= 4 is 11.7 Å². The summed E-state index contributed by atoms with van der Waals surface area (Å²) in [6.45, 7) is 1.84. The van der Waals surface area contributed by atoms with Gasteiger partial charge < -0.3 is 10.5 Å². The van der Waals surface area contributed by atoms with Gasteiger partial charge in [-0.15, -0.1) is 0 Å². The lowest BCUT2D eigenvalue weighted by Gasteiger charge is -2.11. The minimum atomic E-state index is -4.42. The van der Waals surface area contributed by atoms with Crippen molar-refractivity contribution in [3.8, 4) is 11.1 Å². The molecule has 22 heavy (non-hydrogen) atoms. The van der Waals surface area contributed by atoms with Crippen molar-refractivity contribution in [2.24, 2.45) is 0 Å². The van der Waals surface area contributed by atoms with Crippen LogP contribution in [-0.2, 0) is 10.9 Å². The van der Waals surface area contributed by atoms with Gasteiger partial charge in [-0.1, -0.05) is 18.2 Å². The third-order valence-electron chi connectivity index (χ3n) is 3.07. The van der Waals surface area contributed by atoms with Gasteiger partial charge in [-0.05, 0) is 42.3 Å². The molecule has 6 heteroatoms. The van der Waals surface area contributed by atoms with Gasteiger partial charge in [-0.2, -0.15) is 13.2 Å². The van der Waals surface area contributed by atoms with E-state index >= 15 is 0 Å². The molecule has 0 bridgehead atoms. The average molecular weight is 309 g/mol. The lowest BCUT2D eigenvalue weighted by Crippen LogP contribution is -2.08. The summed E-state index contributed by atoms with van der Waals surface area (Å²) in [5, 5.41) is 0. The smallest absolute Gasteiger partial charge is 0.416 e. The van der Waals surface area contributed by atoms with Crippen molar-refractivity contribution in [3.63, 3.8) is 0 Å². The van der Waals surface area contributed by atoms with Gasteiger partial charge >= 0.3 is 12.1 Å². The summed E-state index contributed by atoms with van der Waals surface area (Å²) in [6, 6.07) is 9.35. The predicted octanol–water partition coefficient (Wildman–Crippen LogP) is 4.13. The third kappa shape index (κ3) is 3.39. The van der Waals surface area contributed by atoms with Gasteiger partial charge in [0.15, 0.2) is 0 Å². The first-order chi connectivity index (χ1) is 10.3. The number of nitrogens with two attached hydrogens (primary N) is 1. The predicted molar refractivity (Wildman–Crippen MR) is 77.2 cm³/mol. The molecule has 0 aromatic heterocycles. The standard InChI is InChI=1S/C16H14F3NO2/c1-2-22-15(21)13-9-11(6-7-14(13)20)10-4-3-5-12(8-10)16(17,18)19/h3-9H,2,20H2,1H3. The first-order valence-corrected chi connectivity index (χ1v) is 6.57. The van der Waals surface area contributed by atoms with Crippen LogP contribution in [0.25, 0.3) is 11.1 Å². The first-order valence-electron chi connectivity index (χ1n) is 6.57. The molecule has 0 unspecified atom stereocenters. The van der Waals surface area contributed by atoms with E-state index in [4.69, 9.17) is 10.5 Å². The van der Waals surface area contributed by atoms with E-state index in [2.05, 4.69) is 0 Å². The molecule has 0 aliphatic carbocycles. The summed E-state index contributed by atoms with van der Waals surface area (Å²) in [5.74, 6) is -0.603. The molecule has 0 heterocycles. The zero-order valence-corrected chi connectivity index (χ0v) is 11.8. The summed E-state index contributed by atoms with van der Waals surface area (Å²) < 4.78 is 43.2. The molecule has 0 saturated heterocycles. The fourth-order valence-corrected chi connectivity index (χ4v) is 2.00. The Bertz CT molecular complexity index is 696. The SMILES string of the molecule is CCOC(=O)c1cc(-c2cccc(C(F)(F)F)c2)ccc1N. The maximum atomic E-state index is 12.8. The summed E-state index contributed by atoms with van der Waals surface area (Å²) >= 11 is 0. The second-order valence-electron chi connectivity index (χ2n) is 4.60. The Labute approximate surface area is 125 Å². The van der Waals surface area contributed by atoms with Gasteiger partial charge in [0.05, 0.1) is 17.7 Å². The van der Waals surface area contributed by atoms with Crippen LogP contribution in [0.5, 0.6) is 0 Å². The number of hydrogen-bond donors (Lipinski definition) is 1. The second kappa shape index (κ2) is 6.09. The van der Waals surface area contributed by atoms with Gasteiger partial charge in [0.1, 0.15) is 0 Å². The van der Waals surface area contributed by atoms with E-state index in [0.717, 1.165) is 12.1 Å². The zero-order valence-electron chi connectivity index (χ0n) is 11.8. The zero-order chi connectivity index (χ0) is 16.3. The highest BCUT2D eigenvalue weighted by molar-refractivity contribution is 5.96. The van der Waals surface area contributed by atoms with Crippen molar-refractivity contribution in [3.05, 3.63) is 53.6 Å². The van der Waals surface area contributed by atoms with Crippen molar-refractivity contribution in [1.82, 2.24) is 0 Å². The van der Waals surface area contributed by atoms with Crippen LogP contribution in [0.1, 0.15) is 22.8 Å². The normalized spacial score (nSPS) is 11.3. The van der Waals surface area contributed by atoms with E-state index in [-0.39, 0.29) is 17.9 Å². The van der Waals surface area contributed by atoms with E-state index in [9.17, 15) is 18.0 Å². The van der Waals surface area contributed by atoms with Crippen LogP contribution in [0, 0.1) is 0 Å². The van der Waals surface area contributed by atoms with Crippen LogP contribution in [0.15, 0.2) is 42.5 Å². The molecule has 0 aliphatic heterocycles. The summed E-state index contributed by atoms with van der Waals surface area (Å²) in [6.07, 6.45) is -4.42. The Hall–Kier alpha value is -2.50. The number of carbonyl (C=O) groups excluding carboxylic acids is 1. The van der Waals surface area contributed by atoms with E-state index in [0.29, 0.717) is 11.1 Å². The Kier molecular flexibility index (Phi) is 4.40. The Balaban J connectivity index is 2.46. The van der Waals surface area contributed by atoms with Crippen molar-refractivity contribution < 1.29 is 22.7 Å². The van der Waals surface area contributed by atoms with Gasteiger partial charge in [0, 0.05) is 5.69 Å². The van der Waals surface area contributed by atoms with Crippen LogP contribution in [-0.4, -0.2) is 12.6 Å². The Morgan fingerprint density at radius 1 is 1.14 bits per heavy atom. The molecule has 2 rings (SSSR count). The highest BCUT2D eigenvalue weighted by Gasteiger charge is 2.30. The van der Waals surface area contributed by atoms with E-state index < -0.39 is 17.7 Å². The van der Waals surface area contributed by atoms with E-state index in [1.165, 1.54) is 24.3 Å². The molecule has 0 fully saturated rings. The number of benzene rings is 2. The van der Waals surface area contributed by atoms with Crippen LogP contribution in [0.3, 0.4) is 0 Å². The van der Waals surface area contributed by atoms with Crippen LogP contribution in [0.2, 0.25) is 0 Å². The minimum absolute atomic E-state index is 0.136. The number of hydrogen-bond acceptors (Lipinski definition) is 3. The van der Waals surface area contributed by atoms with Crippen molar-refractivity contribution in [1.29, 1.82) is 0 Å². The van der Waals surface area contributed by atoms with Crippen molar-refractivity contribution in [2.45, 2.75) is 13.1 Å². The van der Waals surface area contributed by atoms with Crippen LogP contribution in [0.4, 0.5) is 18.9 Å². The molecule has 0 saturated carbocycles. The molecule has 0 atom stereocenters. The number of alkyl halides is 3. The number of halogens is 3. The van der Waals surface area contributed by atoms with Crippen molar-refractivity contribution in [2.75, 3.05) is 12.3 Å². The molecule has 0 spiro atoms. The summed E-state index contributed by atoms with van der Waals surface area (Å²) in [7, 11) is 0. The summed E-state index contributed by atoms with van der Waals surface area (Å²) in [5.41, 5.74) is 6.13. The number of anilines is 1. The first kappa shape index (κ1) is 15.9. The van der Waals surface area contributed by atoms with Gasteiger partial charge in [-0.3, -0.25) is 0 Å². The fraction of sp³-hybridized carbons (Fsp3) is 0.188. The van der Waals surface area contributed by atoms with Crippen LogP contribution < -0.4 is 5.73 Å². The average Bonchev–Trinajstić information content (AvgIpc) is 2.47. The molecule has 2 aromatic rings. The molecule has 0 aliphatic rings. The Morgan fingerprint density at radius 3 is 2.45 bits per heavy atom. The number of rotatable bonds is 3. The van der Waals surface area contributed by atoms with Crippen LogP contribution >= 0.6 is 0 Å². The van der Waals surface area contributed by atoms with E-state index in [1.807, 2.05) is 0 Å². The number of esters is 1. The highest BCUT2D eigenvalue weighted by atomic mass is 19.4. The summed E-state index contributed by atoms with van der Waals surface area (Å²) in [4.78, 5) is 11.8. The van der Waals surface area contributed by atoms with Gasteiger partial charge in [0.2, 0.25) is 0 Å². The maximum absolute atomic E-state index is 12.8. The quantitative estimate of drug-likeness (QED) is 0.685. The number of ether oxygens (including phenoxy) is 1. The third-order valence-corrected chi connectivity index (χ3v) is 3.07. The van der Waals surface area contributed by atoms with Gasteiger partial charge in [-0.25, -0.2) is 4.79 Å². The number of nitrogen functional groups attached to an aromatic ring is 1. The molecular formula is C16H14F3NO2. The van der Waals surface area contributed by atoms with Gasteiger partial charge in [0.25, 0.3) is 0 Å². The molecule has 3 nitrogen and oxygen atoms in total. The molecule has 0 amide bonds.